The van der Waals surface area contributed by atoms with Gasteiger partial charge in [-0.1, -0.05) is 0 Å². The van der Waals surface area contributed by atoms with Crippen molar-refractivity contribution in [3.63, 3.8) is 0 Å². The second kappa shape index (κ2) is 5.26. The second-order valence-electron chi connectivity index (χ2n) is 4.57. The molecule has 0 saturated heterocycles. The Kier molecular flexibility index (Phi) is 3.69. The highest BCUT2D eigenvalue weighted by Gasteiger charge is 2.17. The fourth-order valence-electron chi connectivity index (χ4n) is 2.15. The Labute approximate surface area is 112 Å². The molecule has 0 aliphatic rings. The monoisotopic (exact) mass is 261 g/mol. The van der Waals surface area contributed by atoms with Crippen molar-refractivity contribution < 1.29 is 4.79 Å². The molecule has 0 aliphatic heterocycles. The molecule has 1 atom stereocenters. The maximum atomic E-state index is 12.2. The Bertz CT molecular complexity index is 584. The van der Waals surface area contributed by atoms with Crippen molar-refractivity contribution in [3.8, 4) is 0 Å². The van der Waals surface area contributed by atoms with E-state index in [1.165, 1.54) is 0 Å². The number of amides is 1. The van der Waals surface area contributed by atoms with Crippen LogP contribution >= 0.6 is 0 Å². The molecular weight excluding hydrogens is 242 g/mol. The van der Waals surface area contributed by atoms with Gasteiger partial charge in [0.1, 0.15) is 0 Å². The van der Waals surface area contributed by atoms with Crippen molar-refractivity contribution in [1.82, 2.24) is 24.9 Å². The van der Waals surface area contributed by atoms with E-state index in [0.29, 0.717) is 5.56 Å². The van der Waals surface area contributed by atoms with E-state index in [-0.39, 0.29) is 11.9 Å². The smallest absolute Gasteiger partial charge is 0.255 e. The van der Waals surface area contributed by atoms with Crippen LogP contribution < -0.4 is 5.32 Å². The van der Waals surface area contributed by atoms with Gasteiger partial charge in [-0.05, 0) is 26.8 Å². The summed E-state index contributed by atoms with van der Waals surface area (Å²) in [4.78, 5) is 12.2. The number of hydrogen-bond acceptors (Lipinski definition) is 3. The topological polar surface area (TPSA) is 64.7 Å². The Hall–Kier alpha value is -2.11. The van der Waals surface area contributed by atoms with Gasteiger partial charge in [0.2, 0.25) is 0 Å². The van der Waals surface area contributed by atoms with Crippen molar-refractivity contribution in [3.05, 3.63) is 35.4 Å². The maximum absolute atomic E-state index is 12.2. The molecule has 0 saturated carbocycles. The first-order valence-corrected chi connectivity index (χ1v) is 6.35. The summed E-state index contributed by atoms with van der Waals surface area (Å²) in [5.41, 5.74) is 2.34. The van der Waals surface area contributed by atoms with Crippen LogP contribution in [0.15, 0.2) is 18.5 Å². The summed E-state index contributed by atoms with van der Waals surface area (Å²) in [6.07, 6.45) is 3.48. The number of rotatable bonds is 4. The molecular formula is C13H19N5O. The zero-order chi connectivity index (χ0) is 14.0. The first kappa shape index (κ1) is 13.3. The predicted molar refractivity (Wildman–Crippen MR) is 71.7 cm³/mol. The van der Waals surface area contributed by atoms with Gasteiger partial charge >= 0.3 is 0 Å². The van der Waals surface area contributed by atoms with E-state index >= 15 is 0 Å². The van der Waals surface area contributed by atoms with Gasteiger partial charge in [-0.2, -0.15) is 10.2 Å². The van der Waals surface area contributed by atoms with Gasteiger partial charge in [0.25, 0.3) is 5.91 Å². The Morgan fingerprint density at radius 1 is 1.53 bits per heavy atom. The highest BCUT2D eigenvalue weighted by molar-refractivity contribution is 5.95. The summed E-state index contributed by atoms with van der Waals surface area (Å²) in [5.74, 6) is -0.109. The molecule has 0 spiro atoms. The molecule has 6 heteroatoms. The predicted octanol–water partition coefficient (Wildman–Crippen LogP) is 1.44. The molecule has 2 rings (SSSR count). The molecule has 0 aromatic carbocycles. The van der Waals surface area contributed by atoms with Crippen molar-refractivity contribution in [2.24, 2.45) is 7.05 Å². The molecule has 102 valence electrons. The van der Waals surface area contributed by atoms with Gasteiger partial charge in [-0.25, -0.2) is 0 Å². The number of aromatic nitrogens is 4. The number of aryl methyl sites for hydroxylation is 3. The summed E-state index contributed by atoms with van der Waals surface area (Å²) < 4.78 is 3.52. The van der Waals surface area contributed by atoms with Crippen LogP contribution in [-0.2, 0) is 13.6 Å². The molecule has 0 radical (unpaired) electrons. The van der Waals surface area contributed by atoms with E-state index in [1.54, 1.807) is 24.1 Å². The first-order chi connectivity index (χ1) is 9.02. The fraction of sp³-hybridized carbons (Fsp3) is 0.462. The lowest BCUT2D eigenvalue weighted by atomic mass is 10.2. The number of nitrogens with zero attached hydrogens (tertiary/aromatic N) is 4. The normalized spacial score (nSPS) is 12.4. The van der Waals surface area contributed by atoms with Crippen LogP contribution in [0.1, 0.15) is 41.6 Å². The van der Waals surface area contributed by atoms with E-state index in [1.807, 2.05) is 31.5 Å². The van der Waals surface area contributed by atoms with Crippen molar-refractivity contribution in [1.29, 1.82) is 0 Å². The third kappa shape index (κ3) is 2.67. The Balaban J connectivity index is 2.13. The van der Waals surface area contributed by atoms with E-state index in [0.717, 1.165) is 17.9 Å². The zero-order valence-electron chi connectivity index (χ0n) is 11.7. The third-order valence-electron chi connectivity index (χ3n) is 3.10. The number of carbonyl (C=O) groups is 1. The van der Waals surface area contributed by atoms with Gasteiger partial charge in [0.15, 0.2) is 0 Å². The van der Waals surface area contributed by atoms with Crippen LogP contribution in [0.5, 0.6) is 0 Å². The van der Waals surface area contributed by atoms with E-state index in [4.69, 9.17) is 0 Å². The number of nitrogens with one attached hydrogen (secondary N) is 1. The number of hydrogen-bond donors (Lipinski definition) is 1. The Morgan fingerprint density at radius 2 is 2.26 bits per heavy atom. The lowest BCUT2D eigenvalue weighted by Gasteiger charge is -2.15. The molecule has 1 unspecified atom stereocenters. The van der Waals surface area contributed by atoms with Crippen LogP contribution in [0, 0.1) is 6.92 Å². The molecule has 2 aromatic heterocycles. The summed E-state index contributed by atoms with van der Waals surface area (Å²) in [6, 6.07) is 1.83. The quantitative estimate of drug-likeness (QED) is 0.905. The SMILES string of the molecule is CCn1nccc1C(C)NC(=O)c1cn(C)nc1C. The fourth-order valence-corrected chi connectivity index (χ4v) is 2.15. The van der Waals surface area contributed by atoms with E-state index in [2.05, 4.69) is 15.5 Å². The minimum absolute atomic E-state index is 0.0884. The van der Waals surface area contributed by atoms with Crippen molar-refractivity contribution in [2.75, 3.05) is 0 Å². The minimum atomic E-state index is -0.109. The molecule has 1 N–H and O–H groups in total. The summed E-state index contributed by atoms with van der Waals surface area (Å²) in [7, 11) is 1.80. The minimum Gasteiger partial charge on any atom is -0.344 e. The second-order valence-corrected chi connectivity index (χ2v) is 4.57. The van der Waals surface area contributed by atoms with Crippen LogP contribution in [0.25, 0.3) is 0 Å². The van der Waals surface area contributed by atoms with E-state index in [9.17, 15) is 4.79 Å². The van der Waals surface area contributed by atoms with Crippen LogP contribution in [0.2, 0.25) is 0 Å². The number of carbonyl (C=O) groups excluding carboxylic acids is 1. The van der Waals surface area contributed by atoms with Gasteiger partial charge in [-0.3, -0.25) is 14.2 Å². The summed E-state index contributed by atoms with van der Waals surface area (Å²) in [5, 5.41) is 11.4. The van der Waals surface area contributed by atoms with Gasteiger partial charge < -0.3 is 5.32 Å². The zero-order valence-corrected chi connectivity index (χ0v) is 11.7. The van der Waals surface area contributed by atoms with Crippen LogP contribution in [0.3, 0.4) is 0 Å². The van der Waals surface area contributed by atoms with Crippen molar-refractivity contribution >= 4 is 5.91 Å². The van der Waals surface area contributed by atoms with Crippen molar-refractivity contribution in [2.45, 2.75) is 33.4 Å². The molecule has 0 fully saturated rings. The Morgan fingerprint density at radius 3 is 2.84 bits per heavy atom. The molecule has 2 heterocycles. The molecule has 1 amide bonds. The molecule has 6 nitrogen and oxygen atoms in total. The molecule has 0 aliphatic carbocycles. The maximum Gasteiger partial charge on any atom is 0.255 e. The average Bonchev–Trinajstić information content (AvgIpc) is 2.95. The largest absolute Gasteiger partial charge is 0.344 e. The highest BCUT2D eigenvalue weighted by atomic mass is 16.1. The third-order valence-corrected chi connectivity index (χ3v) is 3.10. The van der Waals surface area contributed by atoms with E-state index < -0.39 is 0 Å². The van der Waals surface area contributed by atoms with Gasteiger partial charge in [0, 0.05) is 26.0 Å². The molecule has 2 aromatic rings. The molecule has 0 bridgehead atoms. The summed E-state index contributed by atoms with van der Waals surface area (Å²) >= 11 is 0. The first-order valence-electron chi connectivity index (χ1n) is 6.35. The average molecular weight is 261 g/mol. The van der Waals surface area contributed by atoms with Gasteiger partial charge in [0.05, 0.1) is 23.0 Å². The summed E-state index contributed by atoms with van der Waals surface area (Å²) in [6.45, 7) is 6.59. The van der Waals surface area contributed by atoms with Gasteiger partial charge in [-0.15, -0.1) is 0 Å². The highest BCUT2D eigenvalue weighted by Crippen LogP contribution is 2.13. The molecule has 19 heavy (non-hydrogen) atoms. The van der Waals surface area contributed by atoms with Crippen LogP contribution in [-0.4, -0.2) is 25.5 Å². The lowest BCUT2D eigenvalue weighted by molar-refractivity contribution is 0.0937. The van der Waals surface area contributed by atoms with Crippen LogP contribution in [0.4, 0.5) is 0 Å². The standard InChI is InChI=1S/C13H19N5O/c1-5-18-12(6-7-14-18)10(3)15-13(19)11-8-17(4)16-9(11)2/h6-8,10H,5H2,1-4H3,(H,15,19). The lowest BCUT2D eigenvalue weighted by Crippen LogP contribution is -2.28.